The van der Waals surface area contributed by atoms with Crippen LogP contribution in [-0.2, 0) is 4.74 Å². The van der Waals surface area contributed by atoms with Crippen LogP contribution >= 0.6 is 22.6 Å². The average Bonchev–Trinajstić information content (AvgIpc) is 2.54. The summed E-state index contributed by atoms with van der Waals surface area (Å²) in [6.07, 6.45) is -0.486. The molecule has 0 unspecified atom stereocenters. The van der Waals surface area contributed by atoms with Gasteiger partial charge in [-0.1, -0.05) is 0 Å². The highest BCUT2D eigenvalue weighted by Gasteiger charge is 2.21. The molecule has 0 spiro atoms. The Morgan fingerprint density at radius 2 is 2.11 bits per heavy atom. The van der Waals surface area contributed by atoms with E-state index in [2.05, 4.69) is 27.7 Å². The van der Waals surface area contributed by atoms with Crippen LogP contribution in [0, 0.1) is 3.70 Å². The minimum absolute atomic E-state index is 0.486. The molecule has 0 atom stereocenters. The van der Waals surface area contributed by atoms with Crippen LogP contribution in [0.15, 0.2) is 18.2 Å². The van der Waals surface area contributed by atoms with E-state index in [-0.39, 0.29) is 0 Å². The molecule has 0 bridgehead atoms. The van der Waals surface area contributed by atoms with Crippen LogP contribution in [0.2, 0.25) is 0 Å². The van der Waals surface area contributed by atoms with Gasteiger partial charge in [0.25, 0.3) is 0 Å². The van der Waals surface area contributed by atoms with E-state index in [4.69, 9.17) is 10.5 Å². The molecule has 18 heavy (non-hydrogen) atoms. The largest absolute Gasteiger partial charge is 0.442 e. The van der Waals surface area contributed by atoms with Crippen LogP contribution in [0.3, 0.4) is 0 Å². The first-order valence-corrected chi connectivity index (χ1v) is 6.53. The summed E-state index contributed by atoms with van der Waals surface area (Å²) in [5, 5.41) is 5.04. The summed E-state index contributed by atoms with van der Waals surface area (Å²) in [7, 11) is 0. The van der Waals surface area contributed by atoms with E-state index in [1.807, 2.05) is 20.8 Å². The Morgan fingerprint density at radius 3 is 2.72 bits per heavy atom. The van der Waals surface area contributed by atoms with Crippen LogP contribution in [0.1, 0.15) is 20.8 Å². The van der Waals surface area contributed by atoms with Crippen molar-refractivity contribution in [3.8, 4) is 0 Å². The summed E-state index contributed by atoms with van der Waals surface area (Å²) in [5.74, 6) is 0. The Kier molecular flexibility index (Phi) is 3.22. The smallest absolute Gasteiger partial charge is 0.435 e. The lowest BCUT2D eigenvalue weighted by Crippen LogP contribution is -2.27. The Morgan fingerprint density at radius 1 is 1.44 bits per heavy atom. The third-order valence-electron chi connectivity index (χ3n) is 2.23. The Labute approximate surface area is 118 Å². The summed E-state index contributed by atoms with van der Waals surface area (Å²) < 4.78 is 7.29. The Hall–Kier alpha value is -1.31. The monoisotopic (exact) mass is 359 g/mol. The van der Waals surface area contributed by atoms with Gasteiger partial charge in [0.2, 0.25) is 0 Å². The number of aromatic nitrogens is 2. The number of halogens is 1. The predicted molar refractivity (Wildman–Crippen MR) is 78.5 cm³/mol. The molecule has 0 radical (unpaired) electrons. The van der Waals surface area contributed by atoms with Gasteiger partial charge in [0, 0.05) is 11.1 Å². The quantitative estimate of drug-likeness (QED) is 0.580. The number of hydrogen-bond donors (Lipinski definition) is 1. The number of nitrogens with zero attached hydrogens (tertiary/aromatic N) is 2. The number of nitrogen functional groups attached to an aromatic ring is 1. The molecule has 2 N–H and O–H groups in total. The van der Waals surface area contributed by atoms with Gasteiger partial charge in [-0.3, -0.25) is 0 Å². The van der Waals surface area contributed by atoms with Crippen LogP contribution in [0.5, 0.6) is 0 Å². The summed E-state index contributed by atoms with van der Waals surface area (Å²) in [5.41, 5.74) is 6.52. The molecule has 5 nitrogen and oxygen atoms in total. The van der Waals surface area contributed by atoms with Gasteiger partial charge in [-0.15, -0.1) is 0 Å². The summed E-state index contributed by atoms with van der Waals surface area (Å²) in [6, 6.07) is 5.30. The van der Waals surface area contributed by atoms with E-state index in [1.165, 1.54) is 4.68 Å². The molecule has 96 valence electrons. The topological polar surface area (TPSA) is 70.1 Å². The number of hydrogen-bond acceptors (Lipinski definition) is 4. The molecule has 0 amide bonds. The minimum Gasteiger partial charge on any atom is -0.442 e. The first-order chi connectivity index (χ1) is 8.28. The standard InChI is InChI=1S/C12H14IN3O2/c1-12(2,3)18-11(17)16-9-5-4-7(14)6-8(9)10(13)15-16/h4-6H,14H2,1-3H3. The fourth-order valence-corrected chi connectivity index (χ4v) is 2.19. The van der Waals surface area contributed by atoms with Crippen molar-refractivity contribution in [2.24, 2.45) is 0 Å². The van der Waals surface area contributed by atoms with Crippen molar-refractivity contribution in [3.63, 3.8) is 0 Å². The molecule has 0 aliphatic rings. The number of nitrogens with two attached hydrogens (primary N) is 1. The maximum absolute atomic E-state index is 12.0. The molecular formula is C12H14IN3O2. The molecule has 2 rings (SSSR count). The lowest BCUT2D eigenvalue weighted by Gasteiger charge is -2.19. The fraction of sp³-hybridized carbons (Fsp3) is 0.333. The van der Waals surface area contributed by atoms with Gasteiger partial charge in [-0.25, -0.2) is 4.79 Å². The highest BCUT2D eigenvalue weighted by molar-refractivity contribution is 14.1. The molecule has 2 aromatic rings. The second kappa shape index (κ2) is 4.42. The lowest BCUT2D eigenvalue weighted by atomic mass is 10.2. The van der Waals surface area contributed by atoms with Crippen molar-refractivity contribution in [2.45, 2.75) is 26.4 Å². The van der Waals surface area contributed by atoms with E-state index < -0.39 is 11.7 Å². The molecule has 0 aliphatic heterocycles. The first-order valence-electron chi connectivity index (χ1n) is 5.45. The van der Waals surface area contributed by atoms with Gasteiger partial charge in [-0.2, -0.15) is 9.78 Å². The number of rotatable bonds is 0. The van der Waals surface area contributed by atoms with E-state index >= 15 is 0 Å². The van der Waals surface area contributed by atoms with Crippen molar-refractivity contribution in [3.05, 3.63) is 21.9 Å². The second-order valence-corrected chi connectivity index (χ2v) is 5.98. The molecule has 0 saturated carbocycles. The van der Waals surface area contributed by atoms with Gasteiger partial charge < -0.3 is 10.5 Å². The molecule has 0 saturated heterocycles. The minimum atomic E-state index is -0.547. The molecule has 1 heterocycles. The van der Waals surface area contributed by atoms with Crippen molar-refractivity contribution < 1.29 is 9.53 Å². The maximum atomic E-state index is 12.0. The van der Waals surface area contributed by atoms with E-state index in [0.717, 1.165) is 9.09 Å². The van der Waals surface area contributed by atoms with Crippen molar-refractivity contribution in [1.82, 2.24) is 9.78 Å². The van der Waals surface area contributed by atoms with Crippen molar-refractivity contribution in [1.29, 1.82) is 0 Å². The maximum Gasteiger partial charge on any atom is 0.435 e. The SMILES string of the molecule is CC(C)(C)OC(=O)n1nc(I)c2cc(N)ccc21. The van der Waals surface area contributed by atoms with Gasteiger partial charge in [0.15, 0.2) is 0 Å². The Bertz CT molecular complexity index is 614. The number of carbonyl (C=O) groups is 1. The average molecular weight is 359 g/mol. The zero-order chi connectivity index (χ0) is 13.5. The third-order valence-corrected chi connectivity index (χ3v) is 3.02. The molecule has 1 aromatic heterocycles. The predicted octanol–water partition coefficient (Wildman–Crippen LogP) is 3.01. The van der Waals surface area contributed by atoms with Crippen LogP contribution in [0.25, 0.3) is 10.9 Å². The van der Waals surface area contributed by atoms with E-state index in [1.54, 1.807) is 18.2 Å². The normalized spacial score (nSPS) is 11.8. The molecule has 1 aromatic carbocycles. The highest BCUT2D eigenvalue weighted by atomic mass is 127. The first kappa shape index (κ1) is 13.1. The summed E-state index contributed by atoms with van der Waals surface area (Å²) in [4.78, 5) is 12.0. The Balaban J connectivity index is 2.49. The van der Waals surface area contributed by atoms with Gasteiger partial charge in [0.05, 0.1) is 5.52 Å². The number of fused-ring (bicyclic) bond motifs is 1. The van der Waals surface area contributed by atoms with Gasteiger partial charge in [-0.05, 0) is 61.6 Å². The number of benzene rings is 1. The van der Waals surface area contributed by atoms with Crippen LogP contribution in [-0.4, -0.2) is 21.5 Å². The summed E-state index contributed by atoms with van der Waals surface area (Å²) in [6.45, 7) is 5.46. The van der Waals surface area contributed by atoms with Crippen LogP contribution < -0.4 is 5.73 Å². The van der Waals surface area contributed by atoms with Crippen LogP contribution in [0.4, 0.5) is 10.5 Å². The number of ether oxygens (including phenoxy) is 1. The van der Waals surface area contributed by atoms with Gasteiger partial charge >= 0.3 is 6.09 Å². The molecule has 0 fully saturated rings. The molecular weight excluding hydrogens is 345 g/mol. The lowest BCUT2D eigenvalue weighted by molar-refractivity contribution is 0.0522. The zero-order valence-corrected chi connectivity index (χ0v) is 12.6. The van der Waals surface area contributed by atoms with E-state index in [0.29, 0.717) is 11.2 Å². The number of anilines is 1. The zero-order valence-electron chi connectivity index (χ0n) is 10.4. The fourth-order valence-electron chi connectivity index (χ4n) is 1.54. The van der Waals surface area contributed by atoms with E-state index in [9.17, 15) is 4.79 Å². The molecule has 0 aliphatic carbocycles. The summed E-state index contributed by atoms with van der Waals surface area (Å²) >= 11 is 2.07. The third kappa shape index (κ3) is 2.58. The number of carbonyl (C=O) groups excluding carboxylic acids is 1. The second-order valence-electron chi connectivity index (χ2n) is 4.96. The highest BCUT2D eigenvalue weighted by Crippen LogP contribution is 2.23. The van der Waals surface area contributed by atoms with Gasteiger partial charge in [0.1, 0.15) is 9.30 Å². The molecule has 6 heteroatoms. The van der Waals surface area contributed by atoms with Crippen molar-refractivity contribution in [2.75, 3.05) is 5.73 Å². The van der Waals surface area contributed by atoms with Crippen molar-refractivity contribution >= 4 is 45.3 Å².